The lowest BCUT2D eigenvalue weighted by Crippen LogP contribution is -2.08. The molecule has 1 rings (SSSR count). The van der Waals surface area contributed by atoms with Crippen molar-refractivity contribution in [3.63, 3.8) is 0 Å². The van der Waals surface area contributed by atoms with Crippen LogP contribution in [0.25, 0.3) is 0 Å². The van der Waals surface area contributed by atoms with E-state index in [1.54, 1.807) is 0 Å². The van der Waals surface area contributed by atoms with Gasteiger partial charge in [0, 0.05) is 4.86 Å². The van der Waals surface area contributed by atoms with Crippen LogP contribution in [-0.2, 0) is 4.74 Å². The Balaban J connectivity index is 2.55. The van der Waals surface area contributed by atoms with E-state index in [9.17, 15) is 0 Å². The molecule has 74 valence electrons. The minimum atomic E-state index is 0.558. The van der Waals surface area contributed by atoms with Crippen molar-refractivity contribution in [2.45, 2.75) is 13.3 Å². The Hall–Kier alpha value is -0.800. The summed E-state index contributed by atoms with van der Waals surface area (Å²) < 4.78 is 5.18. The fourth-order valence-electron chi connectivity index (χ4n) is 1.07. The van der Waals surface area contributed by atoms with Gasteiger partial charge in [0.25, 0.3) is 0 Å². The van der Waals surface area contributed by atoms with Gasteiger partial charge in [-0.2, -0.15) is 0 Å². The van der Waals surface area contributed by atoms with Crippen LogP contribution in [0.15, 0.2) is 30.3 Å². The molecule has 0 bridgehead atoms. The SMILES string of the molecule is CCOC(=S)CC(=S)c1ccccc1. The lowest BCUT2D eigenvalue weighted by molar-refractivity contribution is 0.331. The average Bonchev–Trinajstić information content (AvgIpc) is 2.19. The molecule has 0 aliphatic heterocycles. The predicted molar refractivity (Wildman–Crippen MR) is 67.0 cm³/mol. The molecule has 0 aliphatic rings. The Bertz CT molecular complexity index is 319. The van der Waals surface area contributed by atoms with Crippen molar-refractivity contribution in [3.8, 4) is 0 Å². The van der Waals surface area contributed by atoms with Gasteiger partial charge in [-0.3, -0.25) is 0 Å². The number of rotatable bonds is 4. The molecule has 0 radical (unpaired) electrons. The van der Waals surface area contributed by atoms with Crippen molar-refractivity contribution < 1.29 is 4.74 Å². The summed E-state index contributed by atoms with van der Waals surface area (Å²) in [7, 11) is 0. The number of benzene rings is 1. The summed E-state index contributed by atoms with van der Waals surface area (Å²) in [6, 6.07) is 9.86. The third-order valence-corrected chi connectivity index (χ3v) is 2.35. The van der Waals surface area contributed by atoms with E-state index in [-0.39, 0.29) is 0 Å². The topological polar surface area (TPSA) is 9.23 Å². The Kier molecular flexibility index (Phi) is 4.70. The molecule has 1 aromatic rings. The Morgan fingerprint density at radius 1 is 1.21 bits per heavy atom. The zero-order chi connectivity index (χ0) is 10.4. The van der Waals surface area contributed by atoms with Crippen molar-refractivity contribution in [3.05, 3.63) is 35.9 Å². The summed E-state index contributed by atoms with van der Waals surface area (Å²) in [6.07, 6.45) is 0.558. The van der Waals surface area contributed by atoms with Gasteiger partial charge in [-0.15, -0.1) is 0 Å². The first-order valence-corrected chi connectivity index (χ1v) is 5.29. The molecule has 14 heavy (non-hydrogen) atoms. The van der Waals surface area contributed by atoms with Gasteiger partial charge in [0.2, 0.25) is 0 Å². The highest BCUT2D eigenvalue weighted by molar-refractivity contribution is 7.82. The zero-order valence-electron chi connectivity index (χ0n) is 8.03. The van der Waals surface area contributed by atoms with E-state index >= 15 is 0 Å². The summed E-state index contributed by atoms with van der Waals surface area (Å²) in [6.45, 7) is 2.52. The largest absolute Gasteiger partial charge is 0.487 e. The molecule has 1 nitrogen and oxygen atoms in total. The van der Waals surface area contributed by atoms with Crippen molar-refractivity contribution >= 4 is 34.4 Å². The van der Waals surface area contributed by atoms with Gasteiger partial charge in [-0.1, -0.05) is 42.5 Å². The molecule has 0 amide bonds. The molecular weight excluding hydrogens is 212 g/mol. The molecule has 3 heteroatoms. The third-order valence-electron chi connectivity index (χ3n) is 1.71. The Morgan fingerprint density at radius 2 is 1.86 bits per heavy atom. The first-order chi connectivity index (χ1) is 6.74. The van der Waals surface area contributed by atoms with E-state index < -0.39 is 0 Å². The molecule has 0 N–H and O–H groups in total. The summed E-state index contributed by atoms with van der Waals surface area (Å²) >= 11 is 10.3. The second-order valence-electron chi connectivity index (χ2n) is 2.77. The molecule has 0 fully saturated rings. The normalized spacial score (nSPS) is 9.50. The maximum absolute atomic E-state index is 5.24. The van der Waals surface area contributed by atoms with Crippen LogP contribution in [0.2, 0.25) is 0 Å². The van der Waals surface area contributed by atoms with Crippen LogP contribution in [-0.4, -0.2) is 16.5 Å². The second-order valence-corrected chi connectivity index (χ2v) is 3.72. The van der Waals surface area contributed by atoms with Crippen LogP contribution >= 0.6 is 24.4 Å². The fourth-order valence-corrected chi connectivity index (χ4v) is 1.69. The number of hydrogen-bond donors (Lipinski definition) is 0. The highest BCUT2D eigenvalue weighted by Gasteiger charge is 2.04. The summed E-state index contributed by atoms with van der Waals surface area (Å²) in [5.74, 6) is 0. The van der Waals surface area contributed by atoms with Gasteiger partial charge >= 0.3 is 0 Å². The number of thiocarbonyl (C=S) groups is 2. The standard InChI is InChI=1S/C11H12OS2/c1-2-12-11(14)8-10(13)9-6-4-3-5-7-9/h3-7H,2,8H2,1H3. The van der Waals surface area contributed by atoms with Gasteiger partial charge in [0.05, 0.1) is 13.0 Å². The molecule has 0 saturated heterocycles. The van der Waals surface area contributed by atoms with Crippen LogP contribution < -0.4 is 0 Å². The first kappa shape index (κ1) is 11.3. The lowest BCUT2D eigenvalue weighted by Gasteiger charge is -2.05. The summed E-state index contributed by atoms with van der Waals surface area (Å²) in [5.41, 5.74) is 1.05. The van der Waals surface area contributed by atoms with Crippen molar-refractivity contribution in [1.82, 2.24) is 0 Å². The molecular formula is C11H12OS2. The monoisotopic (exact) mass is 224 g/mol. The van der Waals surface area contributed by atoms with E-state index in [0.29, 0.717) is 18.1 Å². The number of hydrogen-bond acceptors (Lipinski definition) is 3. The van der Waals surface area contributed by atoms with Crippen molar-refractivity contribution in [2.75, 3.05) is 6.61 Å². The van der Waals surface area contributed by atoms with Gasteiger partial charge in [0.15, 0.2) is 5.05 Å². The highest BCUT2D eigenvalue weighted by atomic mass is 32.1. The van der Waals surface area contributed by atoms with E-state index in [1.165, 1.54) is 0 Å². The minimum Gasteiger partial charge on any atom is -0.487 e. The molecule has 0 unspecified atom stereocenters. The lowest BCUT2D eigenvalue weighted by atomic mass is 10.1. The zero-order valence-corrected chi connectivity index (χ0v) is 9.66. The molecule has 1 aromatic carbocycles. The fraction of sp³-hybridized carbons (Fsp3) is 0.273. The summed E-state index contributed by atoms with van der Waals surface area (Å²) in [4.78, 5) is 0.837. The van der Waals surface area contributed by atoms with Gasteiger partial charge in [-0.05, 0) is 24.7 Å². The van der Waals surface area contributed by atoms with Crippen molar-refractivity contribution in [2.24, 2.45) is 0 Å². The van der Waals surface area contributed by atoms with Crippen LogP contribution in [0.4, 0.5) is 0 Å². The highest BCUT2D eigenvalue weighted by Crippen LogP contribution is 2.06. The maximum Gasteiger partial charge on any atom is 0.164 e. The van der Waals surface area contributed by atoms with Crippen LogP contribution in [0.3, 0.4) is 0 Å². The van der Waals surface area contributed by atoms with Gasteiger partial charge in [0.1, 0.15) is 0 Å². The Labute approximate surface area is 95.1 Å². The maximum atomic E-state index is 5.24. The smallest absolute Gasteiger partial charge is 0.164 e. The third kappa shape index (κ3) is 3.52. The van der Waals surface area contributed by atoms with E-state index in [4.69, 9.17) is 29.2 Å². The quantitative estimate of drug-likeness (QED) is 0.574. The molecule has 0 aromatic heterocycles. The summed E-state index contributed by atoms with van der Waals surface area (Å²) in [5, 5.41) is 0.571. The molecule has 0 saturated carbocycles. The van der Waals surface area contributed by atoms with Crippen LogP contribution in [0.1, 0.15) is 18.9 Å². The van der Waals surface area contributed by atoms with Gasteiger partial charge < -0.3 is 4.74 Å². The molecule has 0 heterocycles. The van der Waals surface area contributed by atoms with Crippen molar-refractivity contribution in [1.29, 1.82) is 0 Å². The number of ether oxygens (including phenoxy) is 1. The van der Waals surface area contributed by atoms with E-state index in [0.717, 1.165) is 10.4 Å². The van der Waals surface area contributed by atoms with E-state index in [1.807, 2.05) is 37.3 Å². The second kappa shape index (κ2) is 5.83. The molecule has 0 atom stereocenters. The van der Waals surface area contributed by atoms with E-state index in [2.05, 4.69) is 0 Å². The first-order valence-electron chi connectivity index (χ1n) is 4.48. The van der Waals surface area contributed by atoms with Gasteiger partial charge in [-0.25, -0.2) is 0 Å². The van der Waals surface area contributed by atoms with Crippen LogP contribution in [0, 0.1) is 0 Å². The average molecular weight is 224 g/mol. The molecule has 0 aliphatic carbocycles. The molecule has 0 spiro atoms. The minimum absolute atomic E-state index is 0.558. The van der Waals surface area contributed by atoms with Crippen LogP contribution in [0.5, 0.6) is 0 Å². The Morgan fingerprint density at radius 3 is 2.43 bits per heavy atom. The predicted octanol–water partition coefficient (Wildman–Crippen LogP) is 3.16.